The van der Waals surface area contributed by atoms with Crippen LogP contribution in [0, 0.1) is 11.8 Å². The molecule has 1 amide bonds. The van der Waals surface area contributed by atoms with E-state index in [1.807, 2.05) is 12.3 Å². The lowest BCUT2D eigenvalue weighted by atomic mass is 9.73. The topological polar surface area (TPSA) is 33.2 Å². The Kier molecular flexibility index (Phi) is 5.49. The van der Waals surface area contributed by atoms with Crippen LogP contribution < -0.4 is 0 Å². The molecule has 1 saturated carbocycles. The van der Waals surface area contributed by atoms with Crippen LogP contribution in [0.15, 0.2) is 42.7 Å². The highest BCUT2D eigenvalue weighted by Gasteiger charge is 2.37. The molecule has 3 nitrogen and oxygen atoms in total. The van der Waals surface area contributed by atoms with Crippen LogP contribution in [0.25, 0.3) is 11.1 Å². The number of benzene rings is 1. The van der Waals surface area contributed by atoms with Gasteiger partial charge in [-0.1, -0.05) is 43.1 Å². The highest BCUT2D eigenvalue weighted by atomic mass is 35.5. The maximum absolute atomic E-state index is 12.2. The third-order valence-corrected chi connectivity index (χ3v) is 6.82. The van der Waals surface area contributed by atoms with Gasteiger partial charge in [0.1, 0.15) is 0 Å². The van der Waals surface area contributed by atoms with E-state index in [4.69, 9.17) is 11.6 Å². The second-order valence-electron chi connectivity index (χ2n) is 8.06. The first-order valence-electron chi connectivity index (χ1n) is 10.1. The van der Waals surface area contributed by atoms with Crippen LogP contribution >= 0.6 is 11.6 Å². The average Bonchev–Trinajstić information content (AvgIpc) is 3.11. The number of aromatic nitrogens is 1. The van der Waals surface area contributed by atoms with Gasteiger partial charge in [0, 0.05) is 42.0 Å². The Morgan fingerprint density at radius 2 is 2.07 bits per heavy atom. The minimum absolute atomic E-state index is 0.353. The Hall–Kier alpha value is -1.87. The molecule has 142 valence electrons. The summed E-state index contributed by atoms with van der Waals surface area (Å²) in [5.74, 6) is 1.46. The van der Waals surface area contributed by atoms with Gasteiger partial charge in [-0.25, -0.2) is 0 Å². The zero-order valence-electron chi connectivity index (χ0n) is 15.9. The summed E-state index contributed by atoms with van der Waals surface area (Å²) in [6.45, 7) is 3.28. The van der Waals surface area contributed by atoms with E-state index in [9.17, 15) is 4.79 Å². The largest absolute Gasteiger partial charge is 0.339 e. The molecule has 2 fully saturated rings. The molecule has 2 aromatic rings. The predicted molar refractivity (Wildman–Crippen MR) is 110 cm³/mol. The monoisotopic (exact) mass is 382 g/mol. The molecule has 0 spiro atoms. The third kappa shape index (κ3) is 3.89. The average molecular weight is 383 g/mol. The van der Waals surface area contributed by atoms with E-state index in [0.29, 0.717) is 23.8 Å². The van der Waals surface area contributed by atoms with E-state index in [0.717, 1.165) is 48.4 Å². The molecule has 27 heavy (non-hydrogen) atoms. The summed E-state index contributed by atoms with van der Waals surface area (Å²) in [7, 11) is 0. The van der Waals surface area contributed by atoms with Crippen molar-refractivity contribution in [2.24, 2.45) is 11.8 Å². The van der Waals surface area contributed by atoms with Crippen molar-refractivity contribution < 1.29 is 4.79 Å². The van der Waals surface area contributed by atoms with Crippen molar-refractivity contribution in [1.82, 2.24) is 9.88 Å². The maximum Gasteiger partial charge on any atom is 0.222 e. The predicted octanol–water partition coefficient (Wildman–Crippen LogP) is 5.37. The first kappa shape index (κ1) is 18.5. The molecule has 1 aliphatic carbocycles. The molecule has 2 aliphatic rings. The number of nitrogens with zero attached hydrogens (tertiary/aromatic N) is 2. The zero-order chi connectivity index (χ0) is 18.8. The molecule has 0 radical (unpaired) electrons. The fraction of sp³-hybridized carbons (Fsp3) is 0.478. The van der Waals surface area contributed by atoms with Crippen LogP contribution in [0.2, 0.25) is 5.02 Å². The van der Waals surface area contributed by atoms with Gasteiger partial charge in [0.05, 0.1) is 0 Å². The molecule has 1 saturated heterocycles. The Morgan fingerprint density at radius 3 is 2.78 bits per heavy atom. The number of pyridine rings is 1. The highest BCUT2D eigenvalue weighted by Crippen LogP contribution is 2.38. The van der Waals surface area contributed by atoms with Gasteiger partial charge in [-0.3, -0.25) is 9.78 Å². The summed E-state index contributed by atoms with van der Waals surface area (Å²) in [6.07, 6.45) is 9.97. The molecule has 4 heteroatoms. The molecule has 2 heterocycles. The van der Waals surface area contributed by atoms with Gasteiger partial charge in [-0.05, 0) is 60.8 Å². The van der Waals surface area contributed by atoms with Gasteiger partial charge >= 0.3 is 0 Å². The van der Waals surface area contributed by atoms with Gasteiger partial charge < -0.3 is 4.90 Å². The van der Waals surface area contributed by atoms with Crippen LogP contribution in [-0.2, 0) is 11.2 Å². The molecule has 1 aromatic carbocycles. The second-order valence-corrected chi connectivity index (χ2v) is 8.47. The number of carbonyl (C=O) groups excluding carboxylic acids is 1. The van der Waals surface area contributed by atoms with Gasteiger partial charge in [-0.2, -0.15) is 0 Å². The van der Waals surface area contributed by atoms with Gasteiger partial charge in [-0.15, -0.1) is 0 Å². The molecule has 3 atom stereocenters. The summed E-state index contributed by atoms with van der Waals surface area (Å²) >= 11 is 6.65. The van der Waals surface area contributed by atoms with Crippen LogP contribution in [0.1, 0.15) is 44.6 Å². The van der Waals surface area contributed by atoms with Crippen LogP contribution in [-0.4, -0.2) is 28.4 Å². The minimum Gasteiger partial charge on any atom is -0.339 e. The summed E-state index contributed by atoms with van der Waals surface area (Å²) in [6, 6.07) is 10.8. The highest BCUT2D eigenvalue weighted by molar-refractivity contribution is 6.31. The van der Waals surface area contributed by atoms with Crippen molar-refractivity contribution in [1.29, 1.82) is 0 Å². The van der Waals surface area contributed by atoms with Crippen molar-refractivity contribution in [3.8, 4) is 11.1 Å². The number of hydrogen-bond donors (Lipinski definition) is 0. The van der Waals surface area contributed by atoms with Crippen molar-refractivity contribution >= 4 is 17.5 Å². The smallest absolute Gasteiger partial charge is 0.222 e. The quantitative estimate of drug-likeness (QED) is 0.712. The van der Waals surface area contributed by atoms with E-state index in [1.54, 1.807) is 6.20 Å². The first-order valence-corrected chi connectivity index (χ1v) is 10.5. The summed E-state index contributed by atoms with van der Waals surface area (Å²) in [5.41, 5.74) is 3.41. The SMILES string of the molecule is CC1C(Cc2ccc(-c3cccnc3)cc2Cl)CCCC1N1CCCC1=O. The van der Waals surface area contributed by atoms with Crippen LogP contribution in [0.5, 0.6) is 0 Å². The fourth-order valence-electron chi connectivity index (χ4n) is 4.88. The maximum atomic E-state index is 12.2. The molecule has 1 aliphatic heterocycles. The second kappa shape index (κ2) is 8.02. The van der Waals surface area contributed by atoms with Crippen LogP contribution in [0.3, 0.4) is 0 Å². The molecular weight excluding hydrogens is 356 g/mol. The number of carbonyl (C=O) groups is 1. The van der Waals surface area contributed by atoms with E-state index >= 15 is 0 Å². The van der Waals surface area contributed by atoms with Crippen molar-refractivity contribution in [3.05, 3.63) is 53.3 Å². The summed E-state index contributed by atoms with van der Waals surface area (Å²) in [5, 5.41) is 0.836. The Bertz CT molecular complexity index is 807. The van der Waals surface area contributed by atoms with Crippen molar-refractivity contribution in [3.63, 3.8) is 0 Å². The number of amides is 1. The molecule has 3 unspecified atom stereocenters. The van der Waals surface area contributed by atoms with E-state index < -0.39 is 0 Å². The van der Waals surface area contributed by atoms with Gasteiger partial charge in [0.25, 0.3) is 0 Å². The van der Waals surface area contributed by atoms with Crippen molar-refractivity contribution in [2.45, 2.75) is 51.5 Å². The lowest BCUT2D eigenvalue weighted by molar-refractivity contribution is -0.131. The Balaban J connectivity index is 1.49. The zero-order valence-corrected chi connectivity index (χ0v) is 16.7. The third-order valence-electron chi connectivity index (χ3n) is 6.47. The molecule has 4 rings (SSSR count). The normalized spacial score (nSPS) is 25.8. The molecule has 0 bridgehead atoms. The van der Waals surface area contributed by atoms with Gasteiger partial charge in [0.2, 0.25) is 5.91 Å². The summed E-state index contributed by atoms with van der Waals surface area (Å²) in [4.78, 5) is 18.6. The van der Waals surface area contributed by atoms with Crippen molar-refractivity contribution in [2.75, 3.05) is 6.54 Å². The standard InChI is InChI=1S/C23H27ClN2O/c1-16-17(5-2-7-22(16)26-12-4-8-23(26)27)13-19-10-9-18(14-21(19)24)20-6-3-11-25-15-20/h3,6,9-11,14-17,22H,2,4-5,7-8,12-13H2,1H3. The first-order chi connectivity index (χ1) is 13.1. The number of hydrogen-bond acceptors (Lipinski definition) is 2. The van der Waals surface area contributed by atoms with E-state index in [2.05, 4.69) is 41.1 Å². The van der Waals surface area contributed by atoms with E-state index in [1.165, 1.54) is 18.4 Å². The van der Waals surface area contributed by atoms with Gasteiger partial charge in [0.15, 0.2) is 0 Å². The number of rotatable bonds is 4. The summed E-state index contributed by atoms with van der Waals surface area (Å²) < 4.78 is 0. The molecule has 1 aromatic heterocycles. The van der Waals surface area contributed by atoms with Crippen LogP contribution in [0.4, 0.5) is 0 Å². The fourth-order valence-corrected chi connectivity index (χ4v) is 5.14. The van der Waals surface area contributed by atoms with E-state index in [-0.39, 0.29) is 0 Å². The molecule has 0 N–H and O–H groups in total. The lowest BCUT2D eigenvalue weighted by Crippen LogP contribution is -2.45. The Labute approximate surface area is 166 Å². The molecular formula is C23H27ClN2O. The lowest BCUT2D eigenvalue weighted by Gasteiger charge is -2.41. The minimum atomic E-state index is 0.353. The number of likely N-dealkylation sites (tertiary alicyclic amines) is 1. The Morgan fingerprint density at radius 1 is 1.19 bits per heavy atom. The number of halogens is 1.